The number of fused-ring (bicyclic) bond motifs is 5. The summed E-state index contributed by atoms with van der Waals surface area (Å²) in [5.74, 6) is 5.25. The van der Waals surface area contributed by atoms with Crippen LogP contribution in [0.15, 0.2) is 0 Å². The Morgan fingerprint density at radius 3 is 2.59 bits per heavy atom. The molecule has 4 saturated carbocycles. The summed E-state index contributed by atoms with van der Waals surface area (Å²) in [5.41, 5.74) is 0.282. The lowest BCUT2D eigenvalue weighted by atomic mass is 9.49. The van der Waals surface area contributed by atoms with Gasteiger partial charge in [0.2, 0.25) is 0 Å². The molecule has 0 amide bonds. The maximum Gasteiger partial charge on any atom is 0.133 e. The molecule has 0 aromatic heterocycles. The van der Waals surface area contributed by atoms with Gasteiger partial charge in [0.25, 0.3) is 0 Å². The van der Waals surface area contributed by atoms with Crippen LogP contribution >= 0.6 is 0 Å². The Kier molecular flexibility index (Phi) is 3.51. The summed E-state index contributed by atoms with van der Waals surface area (Å²) in [7, 11) is 0. The van der Waals surface area contributed by atoms with E-state index < -0.39 is 0 Å². The minimum atomic E-state index is 0.282. The van der Waals surface area contributed by atoms with E-state index in [1.165, 1.54) is 32.1 Å². The summed E-state index contributed by atoms with van der Waals surface area (Å²) in [6, 6.07) is 0. The zero-order chi connectivity index (χ0) is 15.5. The van der Waals surface area contributed by atoms with Crippen molar-refractivity contribution in [2.45, 2.75) is 71.6 Å². The first-order valence-corrected chi connectivity index (χ1v) is 9.53. The van der Waals surface area contributed by atoms with Crippen LogP contribution in [-0.2, 0) is 9.59 Å². The van der Waals surface area contributed by atoms with Crippen molar-refractivity contribution >= 4 is 11.6 Å². The Balaban J connectivity index is 1.58. The Morgan fingerprint density at radius 2 is 1.82 bits per heavy atom. The molecule has 22 heavy (non-hydrogen) atoms. The lowest BCUT2D eigenvalue weighted by Gasteiger charge is -2.55. The van der Waals surface area contributed by atoms with Crippen LogP contribution in [0.5, 0.6) is 0 Å². The van der Waals surface area contributed by atoms with E-state index in [0.29, 0.717) is 23.4 Å². The van der Waals surface area contributed by atoms with E-state index in [1.54, 1.807) is 0 Å². The van der Waals surface area contributed by atoms with Gasteiger partial charge in [0.05, 0.1) is 0 Å². The quantitative estimate of drug-likeness (QED) is 0.719. The molecule has 2 nitrogen and oxygen atoms in total. The highest BCUT2D eigenvalue weighted by molar-refractivity contribution is 5.80. The third kappa shape index (κ3) is 2.05. The summed E-state index contributed by atoms with van der Waals surface area (Å²) in [4.78, 5) is 23.9. The largest absolute Gasteiger partial charge is 0.300 e. The zero-order valence-corrected chi connectivity index (χ0v) is 14.1. The number of hydrogen-bond acceptors (Lipinski definition) is 2. The molecular weight excluding hydrogens is 272 g/mol. The summed E-state index contributed by atoms with van der Waals surface area (Å²) in [6.07, 6.45) is 10.4. The van der Waals surface area contributed by atoms with Crippen molar-refractivity contribution in [2.75, 3.05) is 0 Å². The van der Waals surface area contributed by atoms with E-state index in [-0.39, 0.29) is 5.41 Å². The molecule has 4 aliphatic carbocycles. The monoisotopic (exact) mass is 302 g/mol. The molecule has 2 heteroatoms. The van der Waals surface area contributed by atoms with Gasteiger partial charge in [-0.15, -0.1) is 0 Å². The maximum absolute atomic E-state index is 12.1. The minimum absolute atomic E-state index is 0.282. The van der Waals surface area contributed by atoms with Gasteiger partial charge in [-0.25, -0.2) is 0 Å². The predicted molar refractivity (Wildman–Crippen MR) is 86.3 cm³/mol. The molecule has 0 heterocycles. The van der Waals surface area contributed by atoms with Gasteiger partial charge in [-0.2, -0.15) is 0 Å². The van der Waals surface area contributed by atoms with Crippen LogP contribution in [0.25, 0.3) is 0 Å². The van der Waals surface area contributed by atoms with Crippen LogP contribution in [0, 0.1) is 40.9 Å². The van der Waals surface area contributed by atoms with Crippen molar-refractivity contribution < 1.29 is 9.59 Å². The van der Waals surface area contributed by atoms with Crippen molar-refractivity contribution in [3.8, 4) is 0 Å². The van der Waals surface area contributed by atoms with Gasteiger partial charge in [-0.1, -0.05) is 6.92 Å². The van der Waals surface area contributed by atoms with Crippen LogP contribution in [-0.4, -0.2) is 11.6 Å². The maximum atomic E-state index is 12.1. The molecule has 0 aromatic rings. The van der Waals surface area contributed by atoms with Gasteiger partial charge in [-0.3, -0.25) is 9.59 Å². The summed E-state index contributed by atoms with van der Waals surface area (Å²) < 4.78 is 0. The third-order valence-electron chi connectivity index (χ3n) is 8.26. The SMILES string of the molecule is CC(=O)[C@H]1CC[C@H]2[C@@H]3CC[C@H]4CC(=O)CC[C@@H]4[C@H]3CC[C@]12C. The molecule has 0 bridgehead atoms. The number of carbonyl (C=O) groups is 2. The van der Waals surface area contributed by atoms with E-state index in [4.69, 9.17) is 0 Å². The highest BCUT2D eigenvalue weighted by Gasteiger charge is 2.57. The Labute approximate surface area is 134 Å². The van der Waals surface area contributed by atoms with Gasteiger partial charge >= 0.3 is 0 Å². The van der Waals surface area contributed by atoms with Crippen molar-refractivity contribution in [1.82, 2.24) is 0 Å². The standard InChI is InChI=1S/C20H30O2/c1-12(21)18-7-8-19-17-5-3-13-11-14(22)4-6-15(13)16(17)9-10-20(18,19)2/h13,15-19H,3-11H2,1-2H3/t13-,15-,16+,17+,18+,19-,20+/m0/s1. The van der Waals surface area contributed by atoms with E-state index >= 15 is 0 Å². The first kappa shape index (κ1) is 14.9. The molecule has 0 radical (unpaired) electrons. The van der Waals surface area contributed by atoms with Gasteiger partial charge in [0.1, 0.15) is 11.6 Å². The Morgan fingerprint density at radius 1 is 1.00 bits per heavy atom. The smallest absolute Gasteiger partial charge is 0.133 e. The van der Waals surface area contributed by atoms with Crippen LogP contribution in [0.2, 0.25) is 0 Å². The topological polar surface area (TPSA) is 34.1 Å². The number of Topliss-reactive ketones (excluding diaryl/α,β-unsaturated/α-hetero) is 2. The summed E-state index contributed by atoms with van der Waals surface area (Å²) in [5, 5.41) is 0. The molecule has 122 valence electrons. The Hall–Kier alpha value is -0.660. The number of hydrogen-bond donors (Lipinski definition) is 0. The van der Waals surface area contributed by atoms with E-state index in [0.717, 1.165) is 49.4 Å². The molecule has 4 rings (SSSR count). The van der Waals surface area contributed by atoms with Crippen molar-refractivity contribution in [1.29, 1.82) is 0 Å². The van der Waals surface area contributed by atoms with E-state index in [9.17, 15) is 9.59 Å². The molecule has 0 spiro atoms. The summed E-state index contributed by atoms with van der Waals surface area (Å²) in [6.45, 7) is 4.23. The van der Waals surface area contributed by atoms with Gasteiger partial charge in [-0.05, 0) is 86.9 Å². The van der Waals surface area contributed by atoms with Gasteiger partial charge < -0.3 is 0 Å². The van der Waals surface area contributed by atoms with Crippen LogP contribution in [0.3, 0.4) is 0 Å². The number of rotatable bonds is 1. The highest BCUT2D eigenvalue weighted by atomic mass is 16.1. The molecule has 0 aromatic carbocycles. The normalized spacial score (nSPS) is 50.9. The van der Waals surface area contributed by atoms with E-state index in [2.05, 4.69) is 6.92 Å². The molecule has 0 aliphatic heterocycles. The molecule has 7 atom stereocenters. The molecule has 4 aliphatic rings. The number of carbonyl (C=O) groups excluding carboxylic acids is 2. The second-order valence-electron chi connectivity index (χ2n) is 9.00. The first-order valence-electron chi connectivity index (χ1n) is 9.53. The van der Waals surface area contributed by atoms with Gasteiger partial charge in [0.15, 0.2) is 0 Å². The predicted octanol–water partition coefficient (Wildman–Crippen LogP) is 4.41. The average Bonchev–Trinajstić information content (AvgIpc) is 2.84. The molecular formula is C20H30O2. The van der Waals surface area contributed by atoms with Crippen molar-refractivity contribution in [3.05, 3.63) is 0 Å². The average molecular weight is 302 g/mol. The second-order valence-corrected chi connectivity index (χ2v) is 9.00. The van der Waals surface area contributed by atoms with Crippen molar-refractivity contribution in [3.63, 3.8) is 0 Å². The lowest BCUT2D eigenvalue weighted by Crippen LogP contribution is -2.49. The van der Waals surface area contributed by atoms with Gasteiger partial charge in [0, 0.05) is 18.8 Å². The fraction of sp³-hybridized carbons (Fsp3) is 0.900. The van der Waals surface area contributed by atoms with Crippen LogP contribution in [0.1, 0.15) is 71.6 Å². The molecule has 4 fully saturated rings. The number of ketones is 2. The Bertz CT molecular complexity index is 496. The zero-order valence-electron chi connectivity index (χ0n) is 14.1. The highest BCUT2D eigenvalue weighted by Crippen LogP contribution is 2.64. The fourth-order valence-electron chi connectivity index (χ4n) is 7.33. The summed E-state index contributed by atoms with van der Waals surface area (Å²) >= 11 is 0. The second kappa shape index (κ2) is 5.18. The third-order valence-corrected chi connectivity index (χ3v) is 8.26. The lowest BCUT2D eigenvalue weighted by molar-refractivity contribution is -0.132. The fourth-order valence-corrected chi connectivity index (χ4v) is 7.33. The first-order chi connectivity index (χ1) is 10.5. The molecule has 0 saturated heterocycles. The molecule has 0 unspecified atom stereocenters. The van der Waals surface area contributed by atoms with Crippen LogP contribution in [0.4, 0.5) is 0 Å². The minimum Gasteiger partial charge on any atom is -0.300 e. The van der Waals surface area contributed by atoms with Crippen LogP contribution < -0.4 is 0 Å². The van der Waals surface area contributed by atoms with Crippen molar-refractivity contribution in [2.24, 2.45) is 40.9 Å². The van der Waals surface area contributed by atoms with E-state index in [1.807, 2.05) is 6.92 Å². The molecule has 0 N–H and O–H groups in total.